The van der Waals surface area contributed by atoms with Crippen molar-refractivity contribution in [1.29, 1.82) is 0 Å². The Bertz CT molecular complexity index is 3240. The van der Waals surface area contributed by atoms with Crippen molar-refractivity contribution >= 4 is 87.9 Å². The Morgan fingerprint density at radius 3 is 1.35 bits per heavy atom. The number of amidine groups is 2. The lowest BCUT2D eigenvalue weighted by Gasteiger charge is -2.45. The molecule has 2 amide bonds. The van der Waals surface area contributed by atoms with Gasteiger partial charge < -0.3 is 20.4 Å². The maximum Gasteiger partial charge on any atom is 0.286 e. The van der Waals surface area contributed by atoms with E-state index < -0.39 is 122 Å². The van der Waals surface area contributed by atoms with E-state index in [1.54, 1.807) is 34.1 Å². The number of piperidine rings is 2. The number of hydrogen-bond donors (Lipinski definition) is 2. The number of halogens is 2. The van der Waals surface area contributed by atoms with Crippen molar-refractivity contribution in [1.82, 2.24) is 9.80 Å². The van der Waals surface area contributed by atoms with Crippen molar-refractivity contribution < 1.29 is 53.2 Å². The van der Waals surface area contributed by atoms with E-state index >= 15 is 0 Å². The van der Waals surface area contributed by atoms with E-state index in [9.17, 15) is 53.2 Å². The first-order valence-electron chi connectivity index (χ1n) is 23.5. The van der Waals surface area contributed by atoms with Crippen LogP contribution >= 0.6 is 0 Å². The summed E-state index contributed by atoms with van der Waals surface area (Å²) < 4.78 is 120. The fourth-order valence-electron chi connectivity index (χ4n) is 13.3. The van der Waals surface area contributed by atoms with Crippen LogP contribution < -0.4 is 14.9 Å². The summed E-state index contributed by atoms with van der Waals surface area (Å²) in [5, 5.41) is 5.77. The third-order valence-electron chi connectivity index (χ3n) is 16.1. The summed E-state index contributed by atoms with van der Waals surface area (Å²) in [7, 11) is -13.8. The molecule has 10 unspecified atom stereocenters. The third kappa shape index (κ3) is 7.32. The Kier molecular flexibility index (Phi) is 10.3. The quantitative estimate of drug-likeness (QED) is 0.202. The number of Topliss-reactive ketones (excluding diaryl/α,β-unsaturated/α-hetero) is 2. The van der Waals surface area contributed by atoms with Crippen LogP contribution in [0.15, 0.2) is 104 Å². The van der Waals surface area contributed by atoms with E-state index in [2.05, 4.69) is 19.4 Å². The second-order valence-corrected chi connectivity index (χ2v) is 25.1. The molecule has 0 spiro atoms. The van der Waals surface area contributed by atoms with Gasteiger partial charge in [0.15, 0.2) is 23.4 Å². The first-order valence-corrected chi connectivity index (χ1v) is 28.2. The average molecular weight is 1030 g/mol. The molecule has 4 aliphatic heterocycles. The summed E-state index contributed by atoms with van der Waals surface area (Å²) in [6, 6.07) is 17.6. The molecule has 2 N–H and O–H groups in total. The third-order valence-corrected chi connectivity index (χ3v) is 19.8. The lowest BCUT2D eigenvalue weighted by Crippen LogP contribution is -2.61. The highest BCUT2D eigenvalue weighted by atomic mass is 32.2. The largest absolute Gasteiger partial charge is 0.341 e. The summed E-state index contributed by atoms with van der Waals surface area (Å²) in [5.41, 5.74) is 0.611. The molecule has 71 heavy (non-hydrogen) atoms. The standard InChI is InChI=1S/C49H45F2N7O10S3/c1-69(63,64)58(32-14-16-34-36(20-32)70(65,66)54-46(52-34)40-44(59)38-26-6-8-28(18-26)42(38)56(48(40)61)22-24-2-10-30(50)11-3-24)33-15-17-35-37(21-33)71(67,68)55-47(53-35)41-45(60)39-27-7-9-29(19-27)43(39)57(49(41)62)23-25-4-12-31(51)13-5-25/h2-5,10-17,20-21,26-29,38-43H,6-9,18-19,22-23H2,1H3,(H,52,54)(H,53,55). The first-order chi connectivity index (χ1) is 33.8. The summed E-state index contributed by atoms with van der Waals surface area (Å²) >= 11 is 0. The van der Waals surface area contributed by atoms with E-state index in [0.717, 1.165) is 61.2 Å². The Balaban J connectivity index is 0.841. The minimum Gasteiger partial charge on any atom is -0.341 e. The monoisotopic (exact) mass is 1030 g/mol. The molecular formula is C49H45F2N7O10S3. The lowest BCUT2D eigenvalue weighted by molar-refractivity contribution is -0.154. The van der Waals surface area contributed by atoms with Crippen LogP contribution in [0, 0.1) is 59.0 Å². The molecule has 0 aromatic heterocycles. The van der Waals surface area contributed by atoms with Crippen LogP contribution in [-0.4, -0.2) is 88.4 Å². The molecule has 4 aromatic rings. The number of nitrogens with zero attached hydrogens (tertiary/aromatic N) is 5. The van der Waals surface area contributed by atoms with Crippen LogP contribution in [0.4, 0.5) is 31.5 Å². The highest BCUT2D eigenvalue weighted by molar-refractivity contribution is 7.92. The predicted octanol–water partition coefficient (Wildman–Crippen LogP) is 5.37. The molecule has 4 bridgehead atoms. The molecule has 12 rings (SSSR count). The van der Waals surface area contributed by atoms with Gasteiger partial charge in [-0.15, -0.1) is 8.80 Å². The Hall–Kier alpha value is -6.39. The fourth-order valence-corrected chi connectivity index (χ4v) is 16.6. The number of fused-ring (bicyclic) bond motifs is 12. The fraction of sp³-hybridized carbons (Fsp3) is 0.388. The molecule has 8 aliphatic rings. The summed E-state index contributed by atoms with van der Waals surface area (Å²) in [5.74, 6) is -7.99. The van der Waals surface area contributed by atoms with Crippen LogP contribution in [-0.2, 0) is 62.3 Å². The predicted molar refractivity (Wildman–Crippen MR) is 253 cm³/mol. The molecule has 4 saturated carbocycles. The first kappa shape index (κ1) is 45.7. The topological polar surface area (TPSA) is 229 Å². The molecule has 368 valence electrons. The molecule has 6 fully saturated rings. The number of carbonyl (C=O) groups excluding carboxylic acids is 4. The molecule has 2 saturated heterocycles. The van der Waals surface area contributed by atoms with E-state index in [4.69, 9.17) is 0 Å². The summed E-state index contributed by atoms with van der Waals surface area (Å²) in [6.45, 7) is 0.144. The van der Waals surface area contributed by atoms with Gasteiger partial charge >= 0.3 is 0 Å². The normalized spacial score (nSPS) is 30.7. The Morgan fingerprint density at radius 2 is 0.972 bits per heavy atom. The van der Waals surface area contributed by atoms with Gasteiger partial charge in [0.2, 0.25) is 21.8 Å². The Labute approximate surface area is 407 Å². The number of sulfonamides is 3. The number of nitrogens with one attached hydrogen (secondary N) is 2. The summed E-state index contributed by atoms with van der Waals surface area (Å²) in [4.78, 5) is 59.7. The molecule has 0 radical (unpaired) electrons. The van der Waals surface area contributed by atoms with Crippen LogP contribution in [0.1, 0.15) is 49.7 Å². The number of carbonyl (C=O) groups is 4. The van der Waals surface area contributed by atoms with Gasteiger partial charge in [-0.25, -0.2) is 21.5 Å². The zero-order chi connectivity index (χ0) is 49.6. The van der Waals surface area contributed by atoms with Crippen molar-refractivity contribution in [2.45, 2.75) is 73.5 Å². The SMILES string of the molecule is CS(=O)(=O)N(c1ccc2c(c1)S(=O)(=O)N=C(C1C(=O)C3C4CCC(C4)C3N(Cc3ccc(F)cc3)C1=O)N2)c1ccc2c(c1)S(=O)(=O)N=C(C1C(=O)C3C4CCC(C4)C3N(Cc3ccc(F)cc3)C1=O)N2. The van der Waals surface area contributed by atoms with Crippen LogP contribution in [0.3, 0.4) is 0 Å². The highest BCUT2D eigenvalue weighted by Gasteiger charge is 2.62. The zero-order valence-electron chi connectivity index (χ0n) is 37.8. The van der Waals surface area contributed by atoms with Gasteiger partial charge in [0.1, 0.15) is 33.1 Å². The molecule has 4 aromatic carbocycles. The molecular weight excluding hydrogens is 981 g/mol. The van der Waals surface area contributed by atoms with Crippen molar-refractivity contribution in [2.24, 2.45) is 56.1 Å². The van der Waals surface area contributed by atoms with Gasteiger partial charge in [-0.2, -0.15) is 16.8 Å². The zero-order valence-corrected chi connectivity index (χ0v) is 40.3. The molecule has 4 heterocycles. The number of hydrogen-bond acceptors (Lipinski definition) is 12. The molecule has 10 atom stereocenters. The van der Waals surface area contributed by atoms with E-state index in [1.165, 1.54) is 48.5 Å². The number of benzene rings is 4. The number of amides is 2. The second kappa shape index (κ2) is 16.1. The minimum absolute atomic E-state index is 0.00392. The van der Waals surface area contributed by atoms with Gasteiger partial charge in [0.05, 0.1) is 29.0 Å². The molecule has 17 nitrogen and oxygen atoms in total. The van der Waals surface area contributed by atoms with Crippen molar-refractivity contribution in [3.05, 3.63) is 108 Å². The van der Waals surface area contributed by atoms with Gasteiger partial charge in [-0.1, -0.05) is 24.3 Å². The second-order valence-electron chi connectivity index (χ2n) is 20.1. The van der Waals surface area contributed by atoms with E-state index in [1.807, 2.05) is 0 Å². The van der Waals surface area contributed by atoms with Crippen molar-refractivity contribution in [3.63, 3.8) is 0 Å². The number of rotatable bonds is 9. The Morgan fingerprint density at radius 1 is 0.592 bits per heavy atom. The number of likely N-dealkylation sites (tertiary alicyclic amines) is 2. The van der Waals surface area contributed by atoms with Gasteiger partial charge in [0.25, 0.3) is 20.0 Å². The van der Waals surface area contributed by atoms with Gasteiger partial charge in [0, 0.05) is 37.0 Å². The summed E-state index contributed by atoms with van der Waals surface area (Å²) in [6.07, 6.45) is 5.57. The van der Waals surface area contributed by atoms with Crippen LogP contribution in [0.25, 0.3) is 0 Å². The van der Waals surface area contributed by atoms with E-state index in [0.29, 0.717) is 11.1 Å². The van der Waals surface area contributed by atoms with E-state index in [-0.39, 0.29) is 59.5 Å². The lowest BCUT2D eigenvalue weighted by atomic mass is 9.73. The highest BCUT2D eigenvalue weighted by Crippen LogP contribution is 2.56. The minimum atomic E-state index is -4.73. The maximum absolute atomic E-state index is 14.4. The maximum atomic E-state index is 14.4. The molecule has 22 heteroatoms. The number of ketones is 2. The van der Waals surface area contributed by atoms with Crippen molar-refractivity contribution in [2.75, 3.05) is 21.2 Å². The smallest absolute Gasteiger partial charge is 0.286 e. The average Bonchev–Trinajstić information content (AvgIpc) is 4.14. The number of anilines is 4. The van der Waals surface area contributed by atoms with Gasteiger partial charge in [-0.3, -0.25) is 19.2 Å². The van der Waals surface area contributed by atoms with Crippen LogP contribution in [0.5, 0.6) is 0 Å². The van der Waals surface area contributed by atoms with Crippen molar-refractivity contribution in [3.8, 4) is 0 Å². The van der Waals surface area contributed by atoms with Crippen LogP contribution in [0.2, 0.25) is 0 Å². The molecule has 4 aliphatic carbocycles. The van der Waals surface area contributed by atoms with Gasteiger partial charge in [-0.05, 0) is 134 Å².